The first kappa shape index (κ1) is 23.4. The smallest absolute Gasteiger partial charge is 0.245 e. The Kier molecular flexibility index (Phi) is 10.2. The zero-order valence-electron chi connectivity index (χ0n) is 18.4. The quantitative estimate of drug-likeness (QED) is 0.558. The molecule has 1 heterocycles. The summed E-state index contributed by atoms with van der Waals surface area (Å²) in [5, 5.41) is 3.05. The normalized spacial score (nSPS) is 17.0. The fourth-order valence-electron chi connectivity index (χ4n) is 4.07. The second kappa shape index (κ2) is 12.6. The SMILES string of the molecule is CC[C@H](C)[C@@H](NC(=O)CCCCC[NH3+])C(=O)N1CCC(Cc2ccccc2)CC1. The lowest BCUT2D eigenvalue weighted by Gasteiger charge is -2.36. The van der Waals surface area contributed by atoms with Crippen LogP contribution in [0.1, 0.15) is 64.4 Å². The van der Waals surface area contributed by atoms with Crippen LogP contribution in [0, 0.1) is 11.8 Å². The van der Waals surface area contributed by atoms with E-state index in [4.69, 9.17) is 0 Å². The van der Waals surface area contributed by atoms with E-state index in [0.29, 0.717) is 12.3 Å². The Morgan fingerprint density at radius 3 is 2.45 bits per heavy atom. The molecule has 0 radical (unpaired) electrons. The zero-order valence-corrected chi connectivity index (χ0v) is 18.4. The number of benzene rings is 1. The molecule has 29 heavy (non-hydrogen) atoms. The summed E-state index contributed by atoms with van der Waals surface area (Å²) in [7, 11) is 0. The zero-order chi connectivity index (χ0) is 21.1. The fraction of sp³-hybridized carbons (Fsp3) is 0.667. The van der Waals surface area contributed by atoms with Crippen molar-refractivity contribution in [2.24, 2.45) is 11.8 Å². The van der Waals surface area contributed by atoms with Crippen molar-refractivity contribution in [3.05, 3.63) is 35.9 Å². The molecule has 0 spiro atoms. The van der Waals surface area contributed by atoms with E-state index in [-0.39, 0.29) is 17.7 Å². The molecule has 1 aromatic rings. The van der Waals surface area contributed by atoms with E-state index in [2.05, 4.69) is 55.2 Å². The van der Waals surface area contributed by atoms with E-state index in [1.165, 1.54) is 5.56 Å². The van der Waals surface area contributed by atoms with Gasteiger partial charge in [-0.1, -0.05) is 50.6 Å². The first-order valence-electron chi connectivity index (χ1n) is 11.5. The second-order valence-corrected chi connectivity index (χ2v) is 8.55. The summed E-state index contributed by atoms with van der Waals surface area (Å²) in [4.78, 5) is 27.5. The van der Waals surface area contributed by atoms with E-state index in [1.54, 1.807) is 0 Å². The van der Waals surface area contributed by atoms with Crippen LogP contribution < -0.4 is 11.1 Å². The van der Waals surface area contributed by atoms with Gasteiger partial charge in [0.1, 0.15) is 6.04 Å². The van der Waals surface area contributed by atoms with E-state index in [9.17, 15) is 9.59 Å². The number of carbonyl (C=O) groups is 2. The summed E-state index contributed by atoms with van der Waals surface area (Å²) in [5.74, 6) is 0.884. The number of quaternary nitrogens is 1. The van der Waals surface area contributed by atoms with Gasteiger partial charge in [0.05, 0.1) is 6.54 Å². The molecule has 0 saturated carbocycles. The number of hydrogen-bond acceptors (Lipinski definition) is 2. The average Bonchev–Trinajstić information content (AvgIpc) is 2.75. The first-order chi connectivity index (χ1) is 14.0. The highest BCUT2D eigenvalue weighted by atomic mass is 16.2. The molecule has 2 amide bonds. The molecular weight excluding hydrogens is 362 g/mol. The van der Waals surface area contributed by atoms with Gasteiger partial charge >= 0.3 is 0 Å². The third kappa shape index (κ3) is 7.81. The molecule has 5 nitrogen and oxygen atoms in total. The molecular formula is C24H40N3O2+. The summed E-state index contributed by atoms with van der Waals surface area (Å²) in [6.45, 7) is 6.65. The Balaban J connectivity index is 1.85. The molecule has 2 rings (SSSR count). The maximum absolute atomic E-state index is 13.2. The van der Waals surface area contributed by atoms with Crippen molar-refractivity contribution < 1.29 is 15.3 Å². The van der Waals surface area contributed by atoms with Gasteiger partial charge in [-0.2, -0.15) is 0 Å². The van der Waals surface area contributed by atoms with Gasteiger partial charge in [-0.15, -0.1) is 0 Å². The molecule has 1 aromatic carbocycles. The van der Waals surface area contributed by atoms with Crippen molar-refractivity contribution in [3.63, 3.8) is 0 Å². The molecule has 0 unspecified atom stereocenters. The van der Waals surface area contributed by atoms with Crippen molar-refractivity contribution in [2.75, 3.05) is 19.6 Å². The molecule has 0 aliphatic carbocycles. The Morgan fingerprint density at radius 2 is 1.83 bits per heavy atom. The van der Waals surface area contributed by atoms with Crippen LogP contribution in [0.2, 0.25) is 0 Å². The number of hydrogen-bond donors (Lipinski definition) is 2. The first-order valence-corrected chi connectivity index (χ1v) is 11.5. The summed E-state index contributed by atoms with van der Waals surface area (Å²) < 4.78 is 0. The molecule has 0 bridgehead atoms. The molecule has 1 aliphatic rings. The highest BCUT2D eigenvalue weighted by Crippen LogP contribution is 2.23. The summed E-state index contributed by atoms with van der Waals surface area (Å²) >= 11 is 0. The maximum atomic E-state index is 13.2. The predicted molar refractivity (Wildman–Crippen MR) is 117 cm³/mol. The van der Waals surface area contributed by atoms with Crippen molar-refractivity contribution >= 4 is 11.8 Å². The molecule has 162 valence electrons. The number of likely N-dealkylation sites (tertiary alicyclic amines) is 1. The monoisotopic (exact) mass is 402 g/mol. The minimum atomic E-state index is -0.397. The van der Waals surface area contributed by atoms with Crippen LogP contribution >= 0.6 is 0 Å². The Morgan fingerprint density at radius 1 is 1.14 bits per heavy atom. The van der Waals surface area contributed by atoms with Crippen molar-refractivity contribution in [3.8, 4) is 0 Å². The second-order valence-electron chi connectivity index (χ2n) is 8.55. The number of rotatable bonds is 11. The number of nitrogens with one attached hydrogen (secondary N) is 1. The molecule has 1 saturated heterocycles. The van der Waals surface area contributed by atoms with Crippen LogP contribution in [0.5, 0.6) is 0 Å². The van der Waals surface area contributed by atoms with E-state index in [0.717, 1.165) is 64.6 Å². The van der Waals surface area contributed by atoms with Gasteiger partial charge in [0.2, 0.25) is 11.8 Å². The van der Waals surface area contributed by atoms with Crippen LogP contribution in [0.25, 0.3) is 0 Å². The van der Waals surface area contributed by atoms with Gasteiger partial charge in [-0.3, -0.25) is 9.59 Å². The number of piperidine rings is 1. The van der Waals surface area contributed by atoms with E-state index >= 15 is 0 Å². The van der Waals surface area contributed by atoms with Gasteiger partial charge < -0.3 is 16.0 Å². The predicted octanol–water partition coefficient (Wildman–Crippen LogP) is 2.80. The standard InChI is InChI=1S/C24H39N3O2/c1-3-19(2)23(26-22(28)12-8-5-9-15-25)24(29)27-16-13-21(14-17-27)18-20-10-6-4-7-11-20/h4,6-7,10-11,19,21,23H,3,5,8-9,12-18,25H2,1-2H3,(H,26,28)/p+1/t19-,23+/m0/s1. The highest BCUT2D eigenvalue weighted by molar-refractivity contribution is 5.88. The Hall–Kier alpha value is -1.88. The molecule has 4 N–H and O–H groups in total. The minimum absolute atomic E-state index is 0.00618. The van der Waals surface area contributed by atoms with Crippen molar-refractivity contribution in [1.29, 1.82) is 0 Å². The van der Waals surface area contributed by atoms with Gasteiger partial charge in [-0.05, 0) is 55.9 Å². The van der Waals surface area contributed by atoms with E-state index < -0.39 is 6.04 Å². The topological polar surface area (TPSA) is 77.0 Å². The summed E-state index contributed by atoms with van der Waals surface area (Å²) in [6.07, 6.45) is 7.48. The third-order valence-electron chi connectivity index (χ3n) is 6.24. The van der Waals surface area contributed by atoms with Crippen molar-refractivity contribution in [1.82, 2.24) is 10.2 Å². The average molecular weight is 403 g/mol. The fourth-order valence-corrected chi connectivity index (χ4v) is 4.07. The third-order valence-corrected chi connectivity index (χ3v) is 6.24. The number of nitrogens with zero attached hydrogens (tertiary/aromatic N) is 1. The van der Waals surface area contributed by atoms with E-state index in [1.807, 2.05) is 4.90 Å². The van der Waals surface area contributed by atoms with Crippen molar-refractivity contribution in [2.45, 2.75) is 71.3 Å². The maximum Gasteiger partial charge on any atom is 0.245 e. The molecule has 1 aliphatic heterocycles. The Bertz CT molecular complexity index is 612. The highest BCUT2D eigenvalue weighted by Gasteiger charge is 2.32. The van der Waals surface area contributed by atoms with Gasteiger partial charge in [0, 0.05) is 19.5 Å². The number of unbranched alkanes of at least 4 members (excludes halogenated alkanes) is 2. The molecule has 1 fully saturated rings. The summed E-state index contributed by atoms with van der Waals surface area (Å²) in [5.41, 5.74) is 5.21. The number of carbonyl (C=O) groups excluding carboxylic acids is 2. The van der Waals surface area contributed by atoms with Crippen LogP contribution in [-0.4, -0.2) is 42.4 Å². The largest absolute Gasteiger partial charge is 0.358 e. The molecule has 5 heteroatoms. The van der Waals surface area contributed by atoms with Crippen LogP contribution in [-0.2, 0) is 16.0 Å². The number of amides is 2. The van der Waals surface area contributed by atoms with Crippen LogP contribution in [0.4, 0.5) is 0 Å². The lowest BCUT2D eigenvalue weighted by Crippen LogP contribution is -2.53. The Labute approximate surface area is 176 Å². The van der Waals surface area contributed by atoms with Gasteiger partial charge in [-0.25, -0.2) is 0 Å². The van der Waals surface area contributed by atoms with Gasteiger partial charge in [0.15, 0.2) is 0 Å². The summed E-state index contributed by atoms with van der Waals surface area (Å²) in [6, 6.07) is 10.2. The van der Waals surface area contributed by atoms with Crippen LogP contribution in [0.15, 0.2) is 30.3 Å². The molecule has 2 atom stereocenters. The lowest BCUT2D eigenvalue weighted by molar-refractivity contribution is -0.368. The van der Waals surface area contributed by atoms with Crippen LogP contribution in [0.3, 0.4) is 0 Å². The minimum Gasteiger partial charge on any atom is -0.358 e. The lowest BCUT2D eigenvalue weighted by atomic mass is 9.89. The van der Waals surface area contributed by atoms with Gasteiger partial charge in [0.25, 0.3) is 0 Å². The molecule has 0 aromatic heterocycles.